The average Bonchev–Trinajstić information content (AvgIpc) is 2.07. The zero-order valence-electron chi connectivity index (χ0n) is 8.24. The third-order valence-corrected chi connectivity index (χ3v) is 2.67. The lowest BCUT2D eigenvalue weighted by atomic mass is 9.85. The summed E-state index contributed by atoms with van der Waals surface area (Å²) in [6.07, 6.45) is 4.78. The molecule has 0 amide bonds. The van der Waals surface area contributed by atoms with Crippen LogP contribution in [0.25, 0.3) is 0 Å². The van der Waals surface area contributed by atoms with E-state index in [2.05, 4.69) is 17.1 Å². The zero-order chi connectivity index (χ0) is 9.68. The third-order valence-electron chi connectivity index (χ3n) is 2.67. The van der Waals surface area contributed by atoms with Crippen LogP contribution in [0, 0.1) is 5.92 Å². The molecule has 1 aliphatic rings. The lowest BCUT2D eigenvalue weighted by Crippen LogP contribution is -2.32. The molecule has 0 aromatic carbocycles. The first-order valence-corrected chi connectivity index (χ1v) is 4.87. The van der Waals surface area contributed by atoms with E-state index in [0.717, 1.165) is 19.0 Å². The minimum absolute atomic E-state index is 0.320. The van der Waals surface area contributed by atoms with Gasteiger partial charge in [0, 0.05) is 19.5 Å². The molecular formula is C9H19N3O. The predicted octanol–water partition coefficient (Wildman–Crippen LogP) is 0.855. The lowest BCUT2D eigenvalue weighted by molar-refractivity contribution is 0.208. The van der Waals surface area contributed by atoms with Gasteiger partial charge in [-0.3, -0.25) is 0 Å². The molecule has 3 N–H and O–H groups in total. The zero-order valence-corrected chi connectivity index (χ0v) is 8.24. The van der Waals surface area contributed by atoms with Crippen LogP contribution in [0.15, 0.2) is 5.16 Å². The number of oxime groups is 1. The Labute approximate surface area is 79.4 Å². The van der Waals surface area contributed by atoms with Crippen LogP contribution in [0.5, 0.6) is 0 Å². The Balaban J connectivity index is 2.06. The van der Waals surface area contributed by atoms with Crippen molar-refractivity contribution in [3.63, 3.8) is 0 Å². The summed E-state index contributed by atoms with van der Waals surface area (Å²) in [6.45, 7) is 2.03. The standard InChI is InChI=1S/C9H19N3O/c1-12(6-5-9(10)11-13)7-8-3-2-4-8/h8,13H,2-7H2,1H3,(H2,10,11). The SMILES string of the molecule is CN(CCC(N)=NO)CC1CCC1. The summed E-state index contributed by atoms with van der Waals surface area (Å²) >= 11 is 0. The molecule has 0 saturated heterocycles. The molecule has 0 bridgehead atoms. The topological polar surface area (TPSA) is 61.8 Å². The first-order valence-electron chi connectivity index (χ1n) is 4.87. The van der Waals surface area contributed by atoms with Crippen LogP contribution in [0.2, 0.25) is 0 Å². The van der Waals surface area contributed by atoms with Crippen molar-refractivity contribution in [3.8, 4) is 0 Å². The molecule has 4 nitrogen and oxygen atoms in total. The quantitative estimate of drug-likeness (QED) is 0.289. The Hall–Kier alpha value is -0.770. The van der Waals surface area contributed by atoms with Crippen LogP contribution in [0.3, 0.4) is 0 Å². The largest absolute Gasteiger partial charge is 0.409 e. The molecule has 0 radical (unpaired) electrons. The maximum atomic E-state index is 8.33. The second-order valence-electron chi connectivity index (χ2n) is 3.90. The van der Waals surface area contributed by atoms with Gasteiger partial charge in [0.25, 0.3) is 0 Å². The normalized spacial score (nSPS) is 19.1. The van der Waals surface area contributed by atoms with Gasteiger partial charge in [0.1, 0.15) is 5.84 Å². The van der Waals surface area contributed by atoms with Crippen molar-refractivity contribution in [1.82, 2.24) is 4.90 Å². The maximum absolute atomic E-state index is 8.33. The Morgan fingerprint density at radius 2 is 2.31 bits per heavy atom. The van der Waals surface area contributed by atoms with Crippen LogP contribution in [0.1, 0.15) is 25.7 Å². The van der Waals surface area contributed by atoms with Crippen LogP contribution in [-0.4, -0.2) is 36.1 Å². The predicted molar refractivity (Wildman–Crippen MR) is 52.9 cm³/mol. The van der Waals surface area contributed by atoms with E-state index in [4.69, 9.17) is 10.9 Å². The van der Waals surface area contributed by atoms with Gasteiger partial charge in [-0.25, -0.2) is 0 Å². The van der Waals surface area contributed by atoms with Crippen LogP contribution in [0.4, 0.5) is 0 Å². The van der Waals surface area contributed by atoms with E-state index in [1.807, 2.05) is 0 Å². The highest BCUT2D eigenvalue weighted by Gasteiger charge is 2.18. The summed E-state index contributed by atoms with van der Waals surface area (Å²) in [5.41, 5.74) is 5.37. The van der Waals surface area contributed by atoms with E-state index in [1.54, 1.807) is 0 Å². The van der Waals surface area contributed by atoms with E-state index in [1.165, 1.54) is 19.3 Å². The summed E-state index contributed by atoms with van der Waals surface area (Å²) in [5.74, 6) is 1.21. The molecule has 4 heteroatoms. The molecule has 0 heterocycles. The van der Waals surface area contributed by atoms with Crippen LogP contribution < -0.4 is 5.73 Å². The summed E-state index contributed by atoms with van der Waals surface area (Å²) in [4.78, 5) is 2.25. The second-order valence-corrected chi connectivity index (χ2v) is 3.90. The van der Waals surface area contributed by atoms with Crippen LogP contribution in [-0.2, 0) is 0 Å². The number of hydrogen-bond donors (Lipinski definition) is 2. The highest BCUT2D eigenvalue weighted by atomic mass is 16.4. The van der Waals surface area contributed by atoms with Gasteiger partial charge in [0.05, 0.1) is 0 Å². The van der Waals surface area contributed by atoms with Crippen molar-refractivity contribution in [1.29, 1.82) is 0 Å². The highest BCUT2D eigenvalue weighted by molar-refractivity contribution is 5.79. The molecule has 76 valence electrons. The summed E-state index contributed by atoms with van der Waals surface area (Å²) in [6, 6.07) is 0. The van der Waals surface area contributed by atoms with Crippen molar-refractivity contribution in [2.75, 3.05) is 20.1 Å². The smallest absolute Gasteiger partial charge is 0.140 e. The molecule has 0 aromatic heterocycles. The molecule has 0 aromatic rings. The first kappa shape index (κ1) is 10.3. The summed E-state index contributed by atoms with van der Waals surface area (Å²) in [7, 11) is 2.09. The van der Waals surface area contributed by atoms with Gasteiger partial charge in [0.2, 0.25) is 0 Å². The van der Waals surface area contributed by atoms with E-state index in [0.29, 0.717) is 12.3 Å². The minimum atomic E-state index is 0.320. The molecule has 0 atom stereocenters. The van der Waals surface area contributed by atoms with E-state index >= 15 is 0 Å². The van der Waals surface area contributed by atoms with Gasteiger partial charge in [-0.2, -0.15) is 0 Å². The average molecular weight is 185 g/mol. The molecular weight excluding hydrogens is 166 g/mol. The fourth-order valence-electron chi connectivity index (χ4n) is 1.56. The molecule has 0 aliphatic heterocycles. The van der Waals surface area contributed by atoms with Gasteiger partial charge in [-0.05, 0) is 25.8 Å². The Morgan fingerprint density at radius 3 is 2.77 bits per heavy atom. The third kappa shape index (κ3) is 3.63. The number of hydrogen-bond acceptors (Lipinski definition) is 3. The Kier molecular flexibility index (Phi) is 4.02. The number of nitrogens with zero attached hydrogens (tertiary/aromatic N) is 2. The molecule has 0 unspecified atom stereocenters. The Morgan fingerprint density at radius 1 is 1.62 bits per heavy atom. The first-order chi connectivity index (χ1) is 6.22. The number of amidine groups is 1. The minimum Gasteiger partial charge on any atom is -0.409 e. The fourth-order valence-corrected chi connectivity index (χ4v) is 1.56. The number of nitrogens with two attached hydrogens (primary N) is 1. The summed E-state index contributed by atoms with van der Waals surface area (Å²) in [5, 5.41) is 11.3. The van der Waals surface area contributed by atoms with Crippen molar-refractivity contribution < 1.29 is 5.21 Å². The molecule has 1 saturated carbocycles. The van der Waals surface area contributed by atoms with Gasteiger partial charge >= 0.3 is 0 Å². The van der Waals surface area contributed by atoms with Crippen molar-refractivity contribution in [2.45, 2.75) is 25.7 Å². The second kappa shape index (κ2) is 5.07. The number of rotatable bonds is 5. The molecule has 13 heavy (non-hydrogen) atoms. The van der Waals surface area contributed by atoms with Crippen molar-refractivity contribution in [2.24, 2.45) is 16.8 Å². The van der Waals surface area contributed by atoms with Crippen LogP contribution >= 0.6 is 0 Å². The molecule has 0 spiro atoms. The molecule has 1 aliphatic carbocycles. The van der Waals surface area contributed by atoms with E-state index < -0.39 is 0 Å². The lowest BCUT2D eigenvalue weighted by Gasteiger charge is -2.29. The fraction of sp³-hybridized carbons (Fsp3) is 0.889. The van der Waals surface area contributed by atoms with Gasteiger partial charge < -0.3 is 15.8 Å². The maximum Gasteiger partial charge on any atom is 0.140 e. The molecule has 1 rings (SSSR count). The van der Waals surface area contributed by atoms with Crippen molar-refractivity contribution >= 4 is 5.84 Å². The van der Waals surface area contributed by atoms with Gasteiger partial charge in [-0.15, -0.1) is 0 Å². The molecule has 1 fully saturated rings. The van der Waals surface area contributed by atoms with E-state index in [9.17, 15) is 0 Å². The van der Waals surface area contributed by atoms with Gasteiger partial charge in [0.15, 0.2) is 0 Å². The van der Waals surface area contributed by atoms with Gasteiger partial charge in [-0.1, -0.05) is 11.6 Å². The monoisotopic (exact) mass is 185 g/mol. The van der Waals surface area contributed by atoms with Crippen molar-refractivity contribution in [3.05, 3.63) is 0 Å². The van der Waals surface area contributed by atoms with E-state index in [-0.39, 0.29) is 0 Å². The highest BCUT2D eigenvalue weighted by Crippen LogP contribution is 2.26. The Bertz CT molecular complexity index is 178. The summed E-state index contributed by atoms with van der Waals surface area (Å²) < 4.78 is 0.